The molecule has 0 aliphatic heterocycles. The van der Waals surface area contributed by atoms with Crippen molar-refractivity contribution in [3.8, 4) is 5.75 Å². The summed E-state index contributed by atoms with van der Waals surface area (Å²) in [4.78, 5) is 11.6. The summed E-state index contributed by atoms with van der Waals surface area (Å²) in [6, 6.07) is 2.26. The third kappa shape index (κ3) is 2.93. The Labute approximate surface area is 93.0 Å². The molecule has 5 heteroatoms. The summed E-state index contributed by atoms with van der Waals surface area (Å²) >= 11 is 0. The molecule has 0 heterocycles. The summed E-state index contributed by atoms with van der Waals surface area (Å²) in [5.41, 5.74) is 0.348. The van der Waals surface area contributed by atoms with E-state index in [1.165, 1.54) is 13.2 Å². The van der Waals surface area contributed by atoms with Gasteiger partial charge in [0.05, 0.1) is 12.2 Å². The Balaban J connectivity index is 2.83. The lowest BCUT2D eigenvalue weighted by Gasteiger charge is -2.08. The van der Waals surface area contributed by atoms with Crippen LogP contribution in [-0.2, 0) is 4.74 Å². The van der Waals surface area contributed by atoms with Gasteiger partial charge in [-0.15, -0.1) is 0 Å². The molecule has 0 aliphatic rings. The number of phenols is 1. The van der Waals surface area contributed by atoms with E-state index in [4.69, 9.17) is 9.84 Å². The zero-order valence-electron chi connectivity index (χ0n) is 9.21. The Hall–Kier alpha value is -1.62. The maximum atomic E-state index is 13.4. The van der Waals surface area contributed by atoms with Crippen LogP contribution in [0.5, 0.6) is 5.75 Å². The molecule has 1 amide bonds. The Kier molecular flexibility index (Phi) is 4.25. The Bertz CT molecular complexity index is 370. The summed E-state index contributed by atoms with van der Waals surface area (Å²) in [6.07, 6.45) is 0. The number of hydrogen-bond donors (Lipinski definition) is 2. The summed E-state index contributed by atoms with van der Waals surface area (Å²) in [5.74, 6) is -1.43. The third-order valence-corrected chi connectivity index (χ3v) is 2.09. The minimum Gasteiger partial charge on any atom is -0.508 e. The first kappa shape index (κ1) is 12.4. The van der Waals surface area contributed by atoms with E-state index < -0.39 is 11.7 Å². The van der Waals surface area contributed by atoms with E-state index in [9.17, 15) is 9.18 Å². The number of methoxy groups -OCH3 is 1. The first-order chi connectivity index (χ1) is 7.56. The molecule has 0 unspecified atom stereocenters. The van der Waals surface area contributed by atoms with Crippen LogP contribution in [-0.4, -0.2) is 31.3 Å². The smallest absolute Gasteiger partial charge is 0.254 e. The maximum Gasteiger partial charge on any atom is 0.254 e. The molecule has 0 aliphatic carbocycles. The number of amides is 1. The molecule has 2 N–H and O–H groups in total. The van der Waals surface area contributed by atoms with Gasteiger partial charge in [0.15, 0.2) is 0 Å². The predicted octanol–water partition coefficient (Wildman–Crippen LogP) is 1.22. The van der Waals surface area contributed by atoms with Crippen molar-refractivity contribution in [2.45, 2.75) is 6.92 Å². The lowest BCUT2D eigenvalue weighted by atomic mass is 10.1. The molecule has 16 heavy (non-hydrogen) atoms. The van der Waals surface area contributed by atoms with Gasteiger partial charge in [0.1, 0.15) is 11.6 Å². The minimum absolute atomic E-state index is 0.0473. The topological polar surface area (TPSA) is 58.6 Å². The number of rotatable bonds is 4. The van der Waals surface area contributed by atoms with Gasteiger partial charge in [-0.2, -0.15) is 0 Å². The van der Waals surface area contributed by atoms with Gasteiger partial charge in [0.2, 0.25) is 0 Å². The third-order valence-electron chi connectivity index (χ3n) is 2.09. The molecule has 0 spiro atoms. The van der Waals surface area contributed by atoms with Gasteiger partial charge in [0.25, 0.3) is 5.91 Å². The minimum atomic E-state index is -0.729. The second-order valence-corrected chi connectivity index (χ2v) is 3.37. The van der Waals surface area contributed by atoms with Crippen molar-refractivity contribution in [2.75, 3.05) is 20.3 Å². The molecular weight excluding hydrogens is 213 g/mol. The summed E-state index contributed by atoms with van der Waals surface area (Å²) in [6.45, 7) is 2.24. The van der Waals surface area contributed by atoms with Crippen LogP contribution < -0.4 is 5.32 Å². The van der Waals surface area contributed by atoms with Gasteiger partial charge in [-0.25, -0.2) is 4.39 Å². The molecular formula is C11H14FNO3. The average molecular weight is 227 g/mol. The molecule has 0 fully saturated rings. The quantitative estimate of drug-likeness (QED) is 0.760. The normalized spacial score (nSPS) is 10.2. The first-order valence-electron chi connectivity index (χ1n) is 4.82. The molecule has 1 aromatic rings. The first-order valence-corrected chi connectivity index (χ1v) is 4.82. The number of aromatic hydroxyl groups is 1. The van der Waals surface area contributed by atoms with Crippen molar-refractivity contribution in [3.63, 3.8) is 0 Å². The van der Waals surface area contributed by atoms with Crippen LogP contribution in [0.25, 0.3) is 0 Å². The fourth-order valence-corrected chi connectivity index (χ4v) is 1.37. The van der Waals surface area contributed by atoms with Gasteiger partial charge >= 0.3 is 0 Å². The molecule has 0 saturated heterocycles. The van der Waals surface area contributed by atoms with E-state index in [0.29, 0.717) is 18.7 Å². The number of benzene rings is 1. The monoisotopic (exact) mass is 227 g/mol. The zero-order chi connectivity index (χ0) is 12.1. The van der Waals surface area contributed by atoms with Gasteiger partial charge in [-0.05, 0) is 18.6 Å². The molecule has 0 atom stereocenters. The lowest BCUT2D eigenvalue weighted by Crippen LogP contribution is -2.28. The highest BCUT2D eigenvalue weighted by Crippen LogP contribution is 2.19. The van der Waals surface area contributed by atoms with Crippen molar-refractivity contribution in [1.29, 1.82) is 0 Å². The molecule has 88 valence electrons. The number of carbonyl (C=O) groups excluding carboxylic acids is 1. The number of carbonyl (C=O) groups is 1. The highest BCUT2D eigenvalue weighted by Gasteiger charge is 2.15. The van der Waals surface area contributed by atoms with Crippen LogP contribution >= 0.6 is 0 Å². The standard InChI is InChI=1S/C11H14FNO3/c1-7-5-8(14)6-9(12)10(7)11(15)13-3-4-16-2/h5-6,14H,3-4H2,1-2H3,(H,13,15). The zero-order valence-corrected chi connectivity index (χ0v) is 9.21. The highest BCUT2D eigenvalue weighted by atomic mass is 19.1. The van der Waals surface area contributed by atoms with E-state index in [-0.39, 0.29) is 11.3 Å². The maximum absolute atomic E-state index is 13.4. The van der Waals surface area contributed by atoms with Crippen LogP contribution in [0.1, 0.15) is 15.9 Å². The molecule has 0 aromatic heterocycles. The fraction of sp³-hybridized carbons (Fsp3) is 0.364. The van der Waals surface area contributed by atoms with Crippen molar-refractivity contribution >= 4 is 5.91 Å². The predicted molar refractivity (Wildman–Crippen MR) is 57.0 cm³/mol. The van der Waals surface area contributed by atoms with E-state index in [1.54, 1.807) is 6.92 Å². The van der Waals surface area contributed by atoms with E-state index >= 15 is 0 Å². The van der Waals surface area contributed by atoms with Gasteiger partial charge < -0.3 is 15.2 Å². The van der Waals surface area contributed by atoms with E-state index in [0.717, 1.165) is 6.07 Å². The molecule has 1 rings (SSSR count). The second kappa shape index (κ2) is 5.46. The molecule has 0 bridgehead atoms. The summed E-state index contributed by atoms with van der Waals surface area (Å²) < 4.78 is 18.2. The van der Waals surface area contributed by atoms with Crippen molar-refractivity contribution < 1.29 is 19.0 Å². The van der Waals surface area contributed by atoms with Crippen molar-refractivity contribution in [1.82, 2.24) is 5.32 Å². The van der Waals surface area contributed by atoms with Crippen LogP contribution in [0.2, 0.25) is 0 Å². The number of phenolic OH excluding ortho intramolecular Hbond substituents is 1. The summed E-state index contributed by atoms with van der Waals surface area (Å²) in [7, 11) is 1.51. The van der Waals surface area contributed by atoms with Crippen molar-refractivity contribution in [2.24, 2.45) is 0 Å². The van der Waals surface area contributed by atoms with Crippen LogP contribution in [0.4, 0.5) is 4.39 Å². The Morgan fingerprint density at radius 1 is 1.56 bits per heavy atom. The molecule has 4 nitrogen and oxygen atoms in total. The Morgan fingerprint density at radius 2 is 2.25 bits per heavy atom. The number of halogens is 1. The van der Waals surface area contributed by atoms with E-state index in [1.807, 2.05) is 0 Å². The lowest BCUT2D eigenvalue weighted by molar-refractivity contribution is 0.0932. The number of ether oxygens (including phenoxy) is 1. The SMILES string of the molecule is COCCNC(=O)c1c(C)cc(O)cc1F. The largest absolute Gasteiger partial charge is 0.508 e. The van der Waals surface area contributed by atoms with E-state index in [2.05, 4.69) is 5.32 Å². The number of hydrogen-bond acceptors (Lipinski definition) is 3. The van der Waals surface area contributed by atoms with Gasteiger partial charge in [-0.1, -0.05) is 0 Å². The van der Waals surface area contributed by atoms with Gasteiger partial charge in [0, 0.05) is 19.7 Å². The molecule has 0 saturated carbocycles. The average Bonchev–Trinajstić information content (AvgIpc) is 2.16. The second-order valence-electron chi connectivity index (χ2n) is 3.37. The fourth-order valence-electron chi connectivity index (χ4n) is 1.37. The highest BCUT2D eigenvalue weighted by molar-refractivity contribution is 5.96. The van der Waals surface area contributed by atoms with Gasteiger partial charge in [-0.3, -0.25) is 4.79 Å². The number of nitrogens with one attached hydrogen (secondary N) is 1. The molecule has 1 aromatic carbocycles. The molecule has 0 radical (unpaired) electrons. The van der Waals surface area contributed by atoms with Crippen molar-refractivity contribution in [3.05, 3.63) is 29.1 Å². The Morgan fingerprint density at radius 3 is 2.81 bits per heavy atom. The van der Waals surface area contributed by atoms with Crippen LogP contribution in [0, 0.1) is 12.7 Å². The van der Waals surface area contributed by atoms with Crippen LogP contribution in [0.15, 0.2) is 12.1 Å². The van der Waals surface area contributed by atoms with Crippen LogP contribution in [0.3, 0.4) is 0 Å². The summed E-state index contributed by atoms with van der Waals surface area (Å²) in [5, 5.41) is 11.6. The number of aryl methyl sites for hydroxylation is 1.